The second kappa shape index (κ2) is 6.38. The number of pyridine rings is 1. The minimum absolute atomic E-state index is 0.748. The molecule has 0 aliphatic heterocycles. The lowest BCUT2D eigenvalue weighted by molar-refractivity contribution is 1.32. The lowest BCUT2D eigenvalue weighted by atomic mass is 9.96. The van der Waals surface area contributed by atoms with E-state index in [0.717, 1.165) is 16.1 Å². The van der Waals surface area contributed by atoms with E-state index in [1.165, 1.54) is 11.1 Å². The average molecular weight is 292 g/mol. The van der Waals surface area contributed by atoms with E-state index in [9.17, 15) is 0 Å². The highest BCUT2D eigenvalue weighted by Crippen LogP contribution is 2.26. The van der Waals surface area contributed by atoms with Gasteiger partial charge in [-0.2, -0.15) is 0 Å². The van der Waals surface area contributed by atoms with Crippen LogP contribution in [-0.4, -0.2) is 4.98 Å². The van der Waals surface area contributed by atoms with Crippen LogP contribution >= 0.6 is 11.6 Å². The fourth-order valence-corrected chi connectivity index (χ4v) is 2.33. The van der Waals surface area contributed by atoms with Gasteiger partial charge in [0, 0.05) is 17.4 Å². The van der Waals surface area contributed by atoms with E-state index in [4.69, 9.17) is 11.6 Å². The highest BCUT2D eigenvalue weighted by atomic mass is 35.5. The van der Waals surface area contributed by atoms with Crippen LogP contribution in [0.15, 0.2) is 79.1 Å². The molecule has 1 heterocycles. The summed E-state index contributed by atoms with van der Waals surface area (Å²) in [5, 5.41) is 0.748. The summed E-state index contributed by atoms with van der Waals surface area (Å²) in [5.74, 6) is 0. The van der Waals surface area contributed by atoms with Crippen LogP contribution in [0.5, 0.6) is 0 Å². The third-order valence-electron chi connectivity index (χ3n) is 3.26. The second-order valence-electron chi connectivity index (χ2n) is 4.71. The number of aromatic nitrogens is 1. The molecule has 0 radical (unpaired) electrons. The molecule has 3 aromatic rings. The van der Waals surface area contributed by atoms with Crippen LogP contribution in [0, 0.1) is 0 Å². The Bertz CT molecular complexity index is 690. The Labute approximate surface area is 129 Å². The van der Waals surface area contributed by atoms with Gasteiger partial charge < -0.3 is 0 Å². The van der Waals surface area contributed by atoms with Crippen LogP contribution in [0.25, 0.3) is 11.6 Å². The second-order valence-corrected chi connectivity index (χ2v) is 5.15. The van der Waals surface area contributed by atoms with Crippen molar-refractivity contribution in [1.29, 1.82) is 0 Å². The molecule has 0 bridgehead atoms. The quantitative estimate of drug-likeness (QED) is 0.595. The van der Waals surface area contributed by atoms with Crippen molar-refractivity contribution < 1.29 is 0 Å². The summed E-state index contributed by atoms with van der Waals surface area (Å²) in [6, 6.07) is 22.2. The lowest BCUT2D eigenvalue weighted by Gasteiger charge is -2.08. The minimum Gasteiger partial charge on any atom is -0.265 e. The lowest BCUT2D eigenvalue weighted by Crippen LogP contribution is -1.88. The van der Waals surface area contributed by atoms with E-state index < -0.39 is 0 Å². The molecule has 0 fully saturated rings. The maximum Gasteiger partial charge on any atom is 0.0406 e. The Kier molecular flexibility index (Phi) is 4.13. The zero-order valence-electron chi connectivity index (χ0n) is 11.4. The fourth-order valence-electron chi connectivity index (χ4n) is 2.21. The Morgan fingerprint density at radius 3 is 2.05 bits per heavy atom. The third kappa shape index (κ3) is 3.39. The van der Waals surface area contributed by atoms with Gasteiger partial charge in [0.25, 0.3) is 0 Å². The first kappa shape index (κ1) is 13.6. The van der Waals surface area contributed by atoms with Crippen molar-refractivity contribution in [2.24, 2.45) is 0 Å². The fraction of sp³-hybridized carbons (Fsp3) is 0. The molecule has 102 valence electrons. The first-order valence-corrected chi connectivity index (χ1v) is 7.14. The van der Waals surface area contributed by atoms with E-state index in [0.29, 0.717) is 0 Å². The van der Waals surface area contributed by atoms with Gasteiger partial charge in [0.1, 0.15) is 0 Å². The molecule has 0 aliphatic carbocycles. The number of nitrogens with zero attached hydrogens (tertiary/aromatic N) is 1. The van der Waals surface area contributed by atoms with Gasteiger partial charge in [0.2, 0.25) is 0 Å². The van der Waals surface area contributed by atoms with Gasteiger partial charge in [-0.05, 0) is 52.6 Å². The van der Waals surface area contributed by atoms with E-state index in [1.807, 2.05) is 67.0 Å². The van der Waals surface area contributed by atoms with Crippen LogP contribution in [-0.2, 0) is 0 Å². The minimum atomic E-state index is 0.748. The predicted molar refractivity (Wildman–Crippen MR) is 89.1 cm³/mol. The Morgan fingerprint density at radius 1 is 0.762 bits per heavy atom. The molecule has 0 atom stereocenters. The molecule has 2 heteroatoms. The van der Waals surface area contributed by atoms with Crippen LogP contribution in [0.1, 0.15) is 16.7 Å². The molecular formula is C19H14ClN. The number of hydrogen-bond donors (Lipinski definition) is 0. The van der Waals surface area contributed by atoms with Gasteiger partial charge in [-0.1, -0.05) is 54.1 Å². The van der Waals surface area contributed by atoms with E-state index in [2.05, 4.69) is 23.2 Å². The first-order chi connectivity index (χ1) is 10.3. The monoisotopic (exact) mass is 291 g/mol. The smallest absolute Gasteiger partial charge is 0.0406 e. The predicted octanol–water partition coefficient (Wildman–Crippen LogP) is 5.32. The van der Waals surface area contributed by atoms with Crippen LogP contribution < -0.4 is 0 Å². The van der Waals surface area contributed by atoms with Crippen molar-refractivity contribution in [2.75, 3.05) is 0 Å². The highest BCUT2D eigenvalue weighted by molar-refractivity contribution is 6.30. The summed E-state index contributed by atoms with van der Waals surface area (Å²) in [7, 11) is 0. The zero-order valence-corrected chi connectivity index (χ0v) is 12.2. The van der Waals surface area contributed by atoms with E-state index in [-0.39, 0.29) is 0 Å². The average Bonchev–Trinajstić information content (AvgIpc) is 2.56. The van der Waals surface area contributed by atoms with Crippen LogP contribution in [0.4, 0.5) is 0 Å². The van der Waals surface area contributed by atoms with Crippen molar-refractivity contribution in [3.8, 4) is 0 Å². The molecule has 0 aliphatic rings. The van der Waals surface area contributed by atoms with Crippen molar-refractivity contribution in [2.45, 2.75) is 0 Å². The van der Waals surface area contributed by atoms with Gasteiger partial charge in [0.05, 0.1) is 0 Å². The van der Waals surface area contributed by atoms with Crippen LogP contribution in [0.2, 0.25) is 5.02 Å². The molecule has 1 nitrogen and oxygen atoms in total. The Hall–Kier alpha value is -2.38. The standard InChI is InChI=1S/C19H14ClN/c20-18-8-6-15(7-9-18)14-19(16-4-2-1-3-5-16)17-10-12-21-13-11-17/h1-14H. The van der Waals surface area contributed by atoms with Gasteiger partial charge in [-0.3, -0.25) is 4.98 Å². The molecule has 0 unspecified atom stereocenters. The SMILES string of the molecule is Clc1ccc(C=C(c2ccccc2)c2ccncc2)cc1. The molecule has 0 saturated carbocycles. The van der Waals surface area contributed by atoms with E-state index >= 15 is 0 Å². The Balaban J connectivity index is 2.10. The number of halogens is 1. The first-order valence-electron chi connectivity index (χ1n) is 6.76. The third-order valence-corrected chi connectivity index (χ3v) is 3.51. The molecule has 21 heavy (non-hydrogen) atoms. The maximum atomic E-state index is 5.95. The maximum absolute atomic E-state index is 5.95. The molecule has 0 amide bonds. The molecular weight excluding hydrogens is 278 g/mol. The zero-order chi connectivity index (χ0) is 14.5. The van der Waals surface area contributed by atoms with E-state index in [1.54, 1.807) is 0 Å². The number of rotatable bonds is 3. The molecule has 2 aromatic carbocycles. The van der Waals surface area contributed by atoms with Gasteiger partial charge in [-0.15, -0.1) is 0 Å². The summed E-state index contributed by atoms with van der Waals surface area (Å²) in [6.07, 6.45) is 5.79. The number of benzene rings is 2. The van der Waals surface area contributed by atoms with Crippen LogP contribution in [0.3, 0.4) is 0 Å². The summed E-state index contributed by atoms with van der Waals surface area (Å²) in [4.78, 5) is 4.10. The van der Waals surface area contributed by atoms with Gasteiger partial charge >= 0.3 is 0 Å². The van der Waals surface area contributed by atoms with Crippen molar-refractivity contribution in [3.63, 3.8) is 0 Å². The summed E-state index contributed by atoms with van der Waals surface area (Å²) in [6.45, 7) is 0. The molecule has 1 aromatic heterocycles. The molecule has 3 rings (SSSR count). The normalized spacial score (nSPS) is 11.4. The van der Waals surface area contributed by atoms with Crippen molar-refractivity contribution in [3.05, 3.63) is 101 Å². The topological polar surface area (TPSA) is 12.9 Å². The summed E-state index contributed by atoms with van der Waals surface area (Å²) < 4.78 is 0. The van der Waals surface area contributed by atoms with Gasteiger partial charge in [0.15, 0.2) is 0 Å². The largest absolute Gasteiger partial charge is 0.265 e. The molecule has 0 saturated heterocycles. The summed E-state index contributed by atoms with van der Waals surface area (Å²) in [5.41, 5.74) is 4.61. The molecule has 0 N–H and O–H groups in total. The van der Waals surface area contributed by atoms with Crippen molar-refractivity contribution >= 4 is 23.3 Å². The highest BCUT2D eigenvalue weighted by Gasteiger charge is 2.04. The summed E-state index contributed by atoms with van der Waals surface area (Å²) >= 11 is 5.95. The Morgan fingerprint density at radius 2 is 1.38 bits per heavy atom. The number of hydrogen-bond acceptors (Lipinski definition) is 1. The van der Waals surface area contributed by atoms with Gasteiger partial charge in [-0.25, -0.2) is 0 Å². The molecule has 0 spiro atoms. The van der Waals surface area contributed by atoms with Crippen molar-refractivity contribution in [1.82, 2.24) is 4.98 Å².